The molecule has 0 aromatic heterocycles. The van der Waals surface area contributed by atoms with Gasteiger partial charge < -0.3 is 19.3 Å². The van der Waals surface area contributed by atoms with E-state index in [0.717, 1.165) is 12.8 Å². The molecule has 0 aromatic carbocycles. The van der Waals surface area contributed by atoms with Crippen LogP contribution in [0.1, 0.15) is 26.7 Å². The molecule has 2 fully saturated rings. The number of hydrogen-bond acceptors (Lipinski definition) is 4. The molecule has 4 nitrogen and oxygen atoms in total. The molecule has 0 bridgehead atoms. The van der Waals surface area contributed by atoms with E-state index in [1.54, 1.807) is 0 Å². The van der Waals surface area contributed by atoms with Gasteiger partial charge >= 0.3 is 0 Å². The van der Waals surface area contributed by atoms with Crippen molar-refractivity contribution in [3.63, 3.8) is 0 Å². The zero-order chi connectivity index (χ0) is 11.1. The van der Waals surface area contributed by atoms with E-state index >= 15 is 0 Å². The van der Waals surface area contributed by atoms with E-state index < -0.39 is 18.2 Å². The van der Waals surface area contributed by atoms with Crippen molar-refractivity contribution in [1.29, 1.82) is 0 Å². The Morgan fingerprint density at radius 2 is 2.13 bits per heavy atom. The van der Waals surface area contributed by atoms with Gasteiger partial charge in [-0.3, -0.25) is 0 Å². The third-order valence-electron chi connectivity index (χ3n) is 2.77. The van der Waals surface area contributed by atoms with Crippen LogP contribution in [-0.4, -0.2) is 35.5 Å². The van der Waals surface area contributed by atoms with Crippen LogP contribution in [-0.2, 0) is 14.2 Å². The highest BCUT2D eigenvalue weighted by Gasteiger charge is 2.53. The molecular formula is C11H18O4. The fourth-order valence-electron chi connectivity index (χ4n) is 2.08. The topological polar surface area (TPSA) is 47.9 Å². The van der Waals surface area contributed by atoms with Crippen LogP contribution in [0.25, 0.3) is 0 Å². The molecule has 4 atom stereocenters. The standard InChI is InChI=1S/C11H18O4/c1-4-5-6-7-8(12)9-10(13-7)15-11(2,3)14-9/h4,7-10,12H,1,5-6H2,2-3H3/t7-,8+,9-,10-/m1/s1. The number of ether oxygens (including phenoxy) is 3. The van der Waals surface area contributed by atoms with Crippen molar-refractivity contribution in [3.05, 3.63) is 12.7 Å². The largest absolute Gasteiger partial charge is 0.387 e. The van der Waals surface area contributed by atoms with Crippen molar-refractivity contribution >= 4 is 0 Å². The van der Waals surface area contributed by atoms with Gasteiger partial charge in [0.15, 0.2) is 12.1 Å². The Bertz CT molecular complexity index is 251. The first-order chi connectivity index (χ1) is 7.03. The third-order valence-corrected chi connectivity index (χ3v) is 2.77. The molecule has 15 heavy (non-hydrogen) atoms. The van der Waals surface area contributed by atoms with Gasteiger partial charge in [-0.1, -0.05) is 6.08 Å². The van der Waals surface area contributed by atoms with Crippen LogP contribution in [0, 0.1) is 0 Å². The van der Waals surface area contributed by atoms with E-state index in [2.05, 4.69) is 6.58 Å². The lowest BCUT2D eigenvalue weighted by Gasteiger charge is -2.22. The number of fused-ring (bicyclic) bond motifs is 1. The van der Waals surface area contributed by atoms with E-state index in [9.17, 15) is 5.11 Å². The monoisotopic (exact) mass is 214 g/mol. The Hall–Kier alpha value is -0.420. The molecule has 2 aliphatic rings. The maximum absolute atomic E-state index is 9.95. The Kier molecular flexibility index (Phi) is 2.85. The summed E-state index contributed by atoms with van der Waals surface area (Å²) in [5, 5.41) is 9.95. The summed E-state index contributed by atoms with van der Waals surface area (Å²) in [5.41, 5.74) is 0. The molecule has 0 unspecified atom stereocenters. The van der Waals surface area contributed by atoms with Gasteiger partial charge in [0.05, 0.1) is 6.10 Å². The number of rotatable bonds is 3. The number of allylic oxidation sites excluding steroid dienone is 1. The summed E-state index contributed by atoms with van der Waals surface area (Å²) < 4.78 is 16.7. The van der Waals surface area contributed by atoms with Crippen LogP contribution in [0.15, 0.2) is 12.7 Å². The van der Waals surface area contributed by atoms with Crippen molar-refractivity contribution in [1.82, 2.24) is 0 Å². The number of hydrogen-bond donors (Lipinski definition) is 1. The molecule has 2 saturated heterocycles. The van der Waals surface area contributed by atoms with Gasteiger partial charge in [-0.15, -0.1) is 6.58 Å². The second-order valence-electron chi connectivity index (χ2n) is 4.50. The van der Waals surface area contributed by atoms with E-state index in [1.807, 2.05) is 19.9 Å². The number of aliphatic hydroxyl groups is 1. The summed E-state index contributed by atoms with van der Waals surface area (Å²) in [4.78, 5) is 0. The Morgan fingerprint density at radius 3 is 2.73 bits per heavy atom. The zero-order valence-corrected chi connectivity index (χ0v) is 9.18. The van der Waals surface area contributed by atoms with Gasteiger partial charge in [0, 0.05) is 0 Å². The molecular weight excluding hydrogens is 196 g/mol. The number of aliphatic hydroxyl groups excluding tert-OH is 1. The molecule has 0 saturated carbocycles. The third kappa shape index (κ3) is 2.08. The second-order valence-corrected chi connectivity index (χ2v) is 4.50. The molecule has 86 valence electrons. The lowest BCUT2D eigenvalue weighted by Crippen LogP contribution is -2.34. The summed E-state index contributed by atoms with van der Waals surface area (Å²) in [6, 6.07) is 0. The molecule has 0 aliphatic carbocycles. The van der Waals surface area contributed by atoms with E-state index in [-0.39, 0.29) is 12.2 Å². The zero-order valence-electron chi connectivity index (χ0n) is 9.18. The van der Waals surface area contributed by atoms with Gasteiger partial charge in [0.1, 0.15) is 12.2 Å². The first-order valence-corrected chi connectivity index (χ1v) is 5.33. The molecule has 2 rings (SSSR count). The fourth-order valence-corrected chi connectivity index (χ4v) is 2.08. The molecule has 1 N–H and O–H groups in total. The lowest BCUT2D eigenvalue weighted by atomic mass is 10.1. The quantitative estimate of drug-likeness (QED) is 0.717. The first-order valence-electron chi connectivity index (χ1n) is 5.33. The minimum Gasteiger partial charge on any atom is -0.387 e. The minimum absolute atomic E-state index is 0.200. The van der Waals surface area contributed by atoms with Crippen LogP contribution in [0.5, 0.6) is 0 Å². The maximum Gasteiger partial charge on any atom is 0.190 e. The average molecular weight is 214 g/mol. The molecule has 0 aromatic rings. The molecule has 2 heterocycles. The SMILES string of the molecule is C=CCC[C@H]1O[C@@H]2OC(C)(C)O[C@@H]2[C@H]1O. The first kappa shape index (κ1) is 11.1. The van der Waals surface area contributed by atoms with Crippen molar-refractivity contribution in [2.24, 2.45) is 0 Å². The van der Waals surface area contributed by atoms with E-state index in [1.165, 1.54) is 0 Å². The van der Waals surface area contributed by atoms with Crippen molar-refractivity contribution in [2.45, 2.75) is 57.1 Å². The Labute approximate surface area is 89.8 Å². The Morgan fingerprint density at radius 1 is 1.40 bits per heavy atom. The van der Waals surface area contributed by atoms with Crippen molar-refractivity contribution in [3.8, 4) is 0 Å². The summed E-state index contributed by atoms with van der Waals surface area (Å²) in [6.45, 7) is 7.28. The van der Waals surface area contributed by atoms with Gasteiger partial charge in [-0.05, 0) is 26.7 Å². The summed E-state index contributed by atoms with van der Waals surface area (Å²) in [5.74, 6) is -0.653. The van der Waals surface area contributed by atoms with E-state index in [0.29, 0.717) is 0 Å². The molecule has 2 aliphatic heterocycles. The summed E-state index contributed by atoms with van der Waals surface area (Å²) in [7, 11) is 0. The maximum atomic E-state index is 9.95. The van der Waals surface area contributed by atoms with Crippen LogP contribution < -0.4 is 0 Å². The highest BCUT2D eigenvalue weighted by atomic mass is 16.8. The van der Waals surface area contributed by atoms with Gasteiger partial charge in [0.25, 0.3) is 0 Å². The minimum atomic E-state index is -0.653. The smallest absolute Gasteiger partial charge is 0.190 e. The highest BCUT2D eigenvalue weighted by molar-refractivity contribution is 4.93. The normalized spacial score (nSPS) is 42.9. The van der Waals surface area contributed by atoms with Gasteiger partial charge in [0.2, 0.25) is 0 Å². The van der Waals surface area contributed by atoms with Crippen LogP contribution >= 0.6 is 0 Å². The van der Waals surface area contributed by atoms with Crippen LogP contribution in [0.3, 0.4) is 0 Å². The average Bonchev–Trinajstić information content (AvgIpc) is 2.58. The van der Waals surface area contributed by atoms with Gasteiger partial charge in [-0.25, -0.2) is 0 Å². The molecule has 4 heteroatoms. The molecule has 0 spiro atoms. The van der Waals surface area contributed by atoms with Crippen molar-refractivity contribution in [2.75, 3.05) is 0 Å². The lowest BCUT2D eigenvalue weighted by molar-refractivity contribution is -0.215. The van der Waals surface area contributed by atoms with Crippen LogP contribution in [0.2, 0.25) is 0 Å². The summed E-state index contributed by atoms with van der Waals surface area (Å²) >= 11 is 0. The molecule has 0 amide bonds. The predicted octanol–water partition coefficient (Wildman–Crippen LogP) is 1.19. The highest BCUT2D eigenvalue weighted by Crippen LogP contribution is 2.38. The van der Waals surface area contributed by atoms with Crippen LogP contribution in [0.4, 0.5) is 0 Å². The second kappa shape index (κ2) is 3.87. The van der Waals surface area contributed by atoms with Crippen molar-refractivity contribution < 1.29 is 19.3 Å². The summed E-state index contributed by atoms with van der Waals surface area (Å²) in [6.07, 6.45) is 1.82. The predicted molar refractivity (Wildman–Crippen MR) is 54.1 cm³/mol. The molecule has 0 radical (unpaired) electrons. The van der Waals surface area contributed by atoms with Gasteiger partial charge in [-0.2, -0.15) is 0 Å². The Balaban J connectivity index is 1.95. The fraction of sp³-hybridized carbons (Fsp3) is 0.818. The van der Waals surface area contributed by atoms with E-state index in [4.69, 9.17) is 14.2 Å².